The summed E-state index contributed by atoms with van der Waals surface area (Å²) in [6, 6.07) is 25.4. The average molecular weight is 369 g/mol. The number of nitrogens with one attached hydrogen (secondary N) is 1. The summed E-state index contributed by atoms with van der Waals surface area (Å²) in [6.07, 6.45) is 1.57. The minimum Gasteiger partial charge on any atom is -0.326 e. The normalized spacial score (nSPS) is 11.4. The maximum Gasteiger partial charge on any atom is 0.221 e. The molecule has 0 unspecified atom stereocenters. The van der Waals surface area contributed by atoms with Gasteiger partial charge in [-0.15, -0.1) is 5.10 Å². The first kappa shape index (κ1) is 18.9. The van der Waals surface area contributed by atoms with Gasteiger partial charge in [0.05, 0.1) is 6.21 Å². The summed E-state index contributed by atoms with van der Waals surface area (Å²) in [7, 11) is 0. The van der Waals surface area contributed by atoms with Gasteiger partial charge in [-0.1, -0.05) is 72.8 Å². The van der Waals surface area contributed by atoms with E-state index in [-0.39, 0.29) is 17.4 Å². The Morgan fingerprint density at radius 3 is 1.93 bits per heavy atom. The molecule has 3 rings (SSSR count). The highest BCUT2D eigenvalue weighted by molar-refractivity contribution is 6.51. The van der Waals surface area contributed by atoms with E-state index in [0.29, 0.717) is 16.8 Å². The van der Waals surface area contributed by atoms with Crippen molar-refractivity contribution in [3.63, 3.8) is 0 Å². The molecule has 0 fully saturated rings. The monoisotopic (exact) mass is 369 g/mol. The molecule has 0 spiro atoms. The summed E-state index contributed by atoms with van der Waals surface area (Å²) in [4.78, 5) is 24.0. The number of hydrogen-bond acceptors (Lipinski definition) is 4. The molecule has 138 valence electrons. The average Bonchev–Trinajstić information content (AvgIpc) is 2.73. The molecule has 5 heteroatoms. The van der Waals surface area contributed by atoms with Gasteiger partial charge in [0.15, 0.2) is 0 Å². The molecular weight excluding hydrogens is 350 g/mol. The highest BCUT2D eigenvalue weighted by Crippen LogP contribution is 2.11. The number of benzene rings is 3. The highest BCUT2D eigenvalue weighted by Gasteiger charge is 2.15. The Hall–Kier alpha value is -3.86. The number of nitrogens with zero attached hydrogens (tertiary/aromatic N) is 2. The van der Waals surface area contributed by atoms with Gasteiger partial charge < -0.3 is 5.32 Å². The van der Waals surface area contributed by atoms with Gasteiger partial charge in [0.1, 0.15) is 5.71 Å². The van der Waals surface area contributed by atoms with Crippen molar-refractivity contribution >= 4 is 29.3 Å². The summed E-state index contributed by atoms with van der Waals surface area (Å²) >= 11 is 0. The molecule has 0 bridgehead atoms. The lowest BCUT2D eigenvalue weighted by atomic mass is 10.0. The van der Waals surface area contributed by atoms with E-state index in [1.807, 2.05) is 60.7 Å². The van der Waals surface area contributed by atoms with Crippen LogP contribution in [0.5, 0.6) is 0 Å². The number of carbonyl (C=O) groups is 2. The van der Waals surface area contributed by atoms with Gasteiger partial charge >= 0.3 is 0 Å². The Bertz CT molecular complexity index is 1010. The van der Waals surface area contributed by atoms with Gasteiger partial charge in [-0.2, -0.15) is 5.10 Å². The van der Waals surface area contributed by atoms with Crippen LogP contribution in [-0.4, -0.2) is 23.6 Å². The van der Waals surface area contributed by atoms with E-state index in [9.17, 15) is 9.59 Å². The molecule has 0 aliphatic rings. The Balaban J connectivity index is 1.86. The topological polar surface area (TPSA) is 70.9 Å². The van der Waals surface area contributed by atoms with Crippen molar-refractivity contribution < 1.29 is 9.59 Å². The molecule has 0 atom stereocenters. The van der Waals surface area contributed by atoms with Crippen molar-refractivity contribution in [1.82, 2.24) is 0 Å². The lowest BCUT2D eigenvalue weighted by molar-refractivity contribution is -0.114. The van der Waals surface area contributed by atoms with Crippen molar-refractivity contribution in [3.05, 3.63) is 102 Å². The number of amides is 1. The second-order valence-electron chi connectivity index (χ2n) is 6.06. The van der Waals surface area contributed by atoms with Gasteiger partial charge in [-0.25, -0.2) is 0 Å². The van der Waals surface area contributed by atoms with Crippen LogP contribution < -0.4 is 5.32 Å². The third kappa shape index (κ3) is 5.08. The van der Waals surface area contributed by atoms with Crippen molar-refractivity contribution in [2.45, 2.75) is 6.92 Å². The molecule has 3 aromatic carbocycles. The van der Waals surface area contributed by atoms with E-state index < -0.39 is 0 Å². The van der Waals surface area contributed by atoms with Crippen LogP contribution in [0.3, 0.4) is 0 Å². The van der Waals surface area contributed by atoms with Gasteiger partial charge in [0.25, 0.3) is 0 Å². The molecule has 0 aliphatic heterocycles. The highest BCUT2D eigenvalue weighted by atomic mass is 16.1. The van der Waals surface area contributed by atoms with E-state index in [1.165, 1.54) is 6.92 Å². The molecular formula is C23H19N3O2. The zero-order valence-corrected chi connectivity index (χ0v) is 15.4. The molecule has 0 heterocycles. The smallest absolute Gasteiger partial charge is 0.221 e. The number of Topliss-reactive ketones (excluding diaryl/α,β-unsaturated/α-hetero) is 1. The second kappa shape index (κ2) is 9.19. The fourth-order valence-corrected chi connectivity index (χ4v) is 2.57. The van der Waals surface area contributed by atoms with Gasteiger partial charge in [0.2, 0.25) is 11.7 Å². The van der Waals surface area contributed by atoms with Crippen LogP contribution >= 0.6 is 0 Å². The summed E-state index contributed by atoms with van der Waals surface area (Å²) in [5, 5.41) is 11.0. The quantitative estimate of drug-likeness (QED) is 0.399. The summed E-state index contributed by atoms with van der Waals surface area (Å²) < 4.78 is 0. The van der Waals surface area contributed by atoms with Crippen molar-refractivity contribution in [3.8, 4) is 0 Å². The van der Waals surface area contributed by atoms with Gasteiger partial charge in [0, 0.05) is 23.7 Å². The fourth-order valence-electron chi connectivity index (χ4n) is 2.57. The molecule has 1 amide bonds. The number of carbonyl (C=O) groups excluding carboxylic acids is 2. The maximum absolute atomic E-state index is 12.9. The predicted molar refractivity (Wildman–Crippen MR) is 112 cm³/mol. The largest absolute Gasteiger partial charge is 0.326 e. The zero-order chi connectivity index (χ0) is 19.8. The van der Waals surface area contributed by atoms with E-state index in [4.69, 9.17) is 0 Å². The van der Waals surface area contributed by atoms with Crippen LogP contribution in [0.2, 0.25) is 0 Å². The summed E-state index contributed by atoms with van der Waals surface area (Å²) in [6.45, 7) is 1.46. The maximum atomic E-state index is 12.9. The molecule has 0 saturated carbocycles. The van der Waals surface area contributed by atoms with Crippen molar-refractivity contribution in [1.29, 1.82) is 0 Å². The Kier molecular flexibility index (Phi) is 6.21. The molecule has 28 heavy (non-hydrogen) atoms. The standard InChI is InChI=1S/C23H19N3O2/c1-17(27)25-21-14-12-18(13-15-21)16-24-26-22(19-8-4-2-5-9-19)23(28)20-10-6-3-7-11-20/h2-16H,1H3,(H,25,27)/b24-16+,26-22+. The Morgan fingerprint density at radius 1 is 0.786 bits per heavy atom. The summed E-state index contributed by atoms with van der Waals surface area (Å²) in [5.74, 6) is -0.317. The number of hydrogen-bond donors (Lipinski definition) is 1. The Labute approximate surface area is 163 Å². The van der Waals surface area contributed by atoms with E-state index in [0.717, 1.165) is 5.56 Å². The molecule has 0 aromatic heterocycles. The van der Waals surface area contributed by atoms with Gasteiger partial charge in [-0.05, 0) is 17.7 Å². The third-order valence-corrected chi connectivity index (χ3v) is 3.89. The summed E-state index contributed by atoms with van der Waals surface area (Å²) in [5.41, 5.74) is 3.04. The SMILES string of the molecule is CC(=O)Nc1ccc(/C=N/N=C(/C(=O)c2ccccc2)c2ccccc2)cc1. The van der Waals surface area contributed by atoms with Crippen LogP contribution in [0.4, 0.5) is 5.69 Å². The Morgan fingerprint density at radius 2 is 1.36 bits per heavy atom. The molecule has 0 saturated heterocycles. The lowest BCUT2D eigenvalue weighted by Crippen LogP contribution is -2.15. The second-order valence-corrected chi connectivity index (χ2v) is 6.06. The molecule has 0 aliphatic carbocycles. The van der Waals surface area contributed by atoms with E-state index in [2.05, 4.69) is 15.5 Å². The lowest BCUT2D eigenvalue weighted by Gasteiger charge is -2.04. The first-order valence-corrected chi connectivity index (χ1v) is 8.77. The van der Waals surface area contributed by atoms with Gasteiger partial charge in [-0.3, -0.25) is 9.59 Å². The van der Waals surface area contributed by atoms with Crippen LogP contribution in [0.25, 0.3) is 0 Å². The van der Waals surface area contributed by atoms with Crippen LogP contribution in [0.15, 0.2) is 95.1 Å². The fraction of sp³-hybridized carbons (Fsp3) is 0.0435. The molecule has 3 aromatic rings. The number of ketones is 1. The first-order valence-electron chi connectivity index (χ1n) is 8.77. The minimum atomic E-state index is -0.190. The first-order chi connectivity index (χ1) is 13.6. The zero-order valence-electron chi connectivity index (χ0n) is 15.4. The number of anilines is 1. The van der Waals surface area contributed by atoms with Crippen molar-refractivity contribution in [2.24, 2.45) is 10.2 Å². The van der Waals surface area contributed by atoms with Crippen LogP contribution in [0.1, 0.15) is 28.4 Å². The van der Waals surface area contributed by atoms with Crippen LogP contribution in [-0.2, 0) is 4.79 Å². The van der Waals surface area contributed by atoms with Crippen molar-refractivity contribution in [2.75, 3.05) is 5.32 Å². The molecule has 5 nitrogen and oxygen atoms in total. The van der Waals surface area contributed by atoms with E-state index in [1.54, 1.807) is 30.5 Å². The molecule has 1 N–H and O–H groups in total. The molecule has 0 radical (unpaired) electrons. The van der Waals surface area contributed by atoms with Crippen LogP contribution in [0, 0.1) is 0 Å². The predicted octanol–water partition coefficient (Wildman–Crippen LogP) is 4.35. The number of rotatable bonds is 6. The minimum absolute atomic E-state index is 0.127. The third-order valence-electron chi connectivity index (χ3n) is 3.89. The van der Waals surface area contributed by atoms with E-state index >= 15 is 0 Å².